The fourth-order valence-corrected chi connectivity index (χ4v) is 3.81. The number of ether oxygens (including phenoxy) is 1. The van der Waals surface area contributed by atoms with Crippen LogP contribution in [0.3, 0.4) is 0 Å². The number of halogens is 2. The molecule has 1 heterocycles. The predicted octanol–water partition coefficient (Wildman–Crippen LogP) is 3.19. The van der Waals surface area contributed by atoms with Crippen LogP contribution in [-0.2, 0) is 22.6 Å². The Morgan fingerprint density at radius 2 is 1.72 bits per heavy atom. The molecule has 3 rings (SSSR count). The first-order chi connectivity index (χ1) is 17.2. The zero-order valence-corrected chi connectivity index (χ0v) is 20.9. The van der Waals surface area contributed by atoms with E-state index in [1.807, 2.05) is 30.3 Å². The van der Waals surface area contributed by atoms with E-state index in [9.17, 15) is 19.2 Å². The highest BCUT2D eigenvalue weighted by Gasteiger charge is 2.24. The molecule has 0 bridgehead atoms. The highest BCUT2D eigenvalue weighted by atomic mass is 35.5. The van der Waals surface area contributed by atoms with Gasteiger partial charge in [0.1, 0.15) is 11.9 Å². The van der Waals surface area contributed by atoms with Crippen LogP contribution in [0, 0.1) is 0 Å². The van der Waals surface area contributed by atoms with Crippen LogP contribution in [0.15, 0.2) is 65.6 Å². The number of nitrogens with one attached hydrogen (secondary N) is 2. The van der Waals surface area contributed by atoms with Crippen molar-refractivity contribution in [1.82, 2.24) is 19.8 Å². The van der Waals surface area contributed by atoms with Gasteiger partial charge < -0.3 is 20.3 Å². The van der Waals surface area contributed by atoms with Gasteiger partial charge in [0.2, 0.25) is 0 Å². The average Bonchev–Trinajstić information content (AvgIpc) is 2.85. The first kappa shape index (κ1) is 26.7. The van der Waals surface area contributed by atoms with Crippen molar-refractivity contribution in [2.45, 2.75) is 19.1 Å². The summed E-state index contributed by atoms with van der Waals surface area (Å²) in [6.45, 7) is 0.0693. The normalized spacial score (nSPS) is 11.3. The molecule has 10 nitrogen and oxygen atoms in total. The largest absolute Gasteiger partial charge is 0.467 e. The molecule has 0 unspecified atom stereocenters. The molecule has 0 aliphatic carbocycles. The number of carbonyl (C=O) groups excluding carboxylic acids is 3. The number of rotatable bonds is 8. The topological polar surface area (TPSA) is 123 Å². The van der Waals surface area contributed by atoms with E-state index in [2.05, 4.69) is 15.6 Å². The third-order valence-corrected chi connectivity index (χ3v) is 5.71. The maximum atomic E-state index is 12.7. The summed E-state index contributed by atoms with van der Waals surface area (Å²) in [6.07, 6.45) is 1.33. The molecule has 2 N–H and O–H groups in total. The van der Waals surface area contributed by atoms with E-state index in [1.54, 1.807) is 13.1 Å². The third-order valence-electron chi connectivity index (χ3n) is 5.08. The summed E-state index contributed by atoms with van der Waals surface area (Å²) >= 11 is 12.1. The van der Waals surface area contributed by atoms with E-state index >= 15 is 0 Å². The Morgan fingerprint density at radius 3 is 2.33 bits per heavy atom. The van der Waals surface area contributed by atoms with E-state index in [0.29, 0.717) is 6.54 Å². The van der Waals surface area contributed by atoms with Gasteiger partial charge in [-0.05, 0) is 23.8 Å². The minimum atomic E-state index is -1.16. The summed E-state index contributed by atoms with van der Waals surface area (Å²) < 4.78 is 5.89. The molecule has 12 heteroatoms. The molecule has 0 saturated carbocycles. The summed E-state index contributed by atoms with van der Waals surface area (Å²) in [5, 5.41) is 5.32. The number of esters is 1. The van der Waals surface area contributed by atoms with E-state index < -0.39 is 29.6 Å². The van der Waals surface area contributed by atoms with Gasteiger partial charge in [0.25, 0.3) is 5.91 Å². The Balaban J connectivity index is 1.70. The molecule has 3 amide bonds. The first-order valence-electron chi connectivity index (χ1n) is 10.7. The Bertz CT molecular complexity index is 1300. The number of anilines is 1. The standard InChI is InChI=1S/C24H23Cl2N5O5/c1-30(13-15-7-4-3-5-8-15)23(34)27-18(22(33)36-2)14-31-12-11-19(29-24(31)35)28-21(32)20-16(25)9-6-10-17(20)26/h3-12,18H,13-14H2,1-2H3,(H,27,34)(H,28,29,32,35)/t18-/m0/s1. The maximum Gasteiger partial charge on any atom is 0.349 e. The van der Waals surface area contributed by atoms with Crippen molar-refractivity contribution in [2.24, 2.45) is 0 Å². The van der Waals surface area contributed by atoms with Gasteiger partial charge in [0.15, 0.2) is 0 Å². The molecule has 1 aromatic heterocycles. The van der Waals surface area contributed by atoms with Crippen molar-refractivity contribution in [2.75, 3.05) is 19.5 Å². The summed E-state index contributed by atoms with van der Waals surface area (Å²) in [5.74, 6) is -1.43. The molecule has 0 saturated heterocycles. The van der Waals surface area contributed by atoms with E-state index in [1.165, 1.54) is 36.4 Å². The fraction of sp³-hybridized carbons (Fsp3) is 0.208. The molecular formula is C24H23Cl2N5O5. The van der Waals surface area contributed by atoms with Gasteiger partial charge in [0.05, 0.1) is 29.3 Å². The lowest BCUT2D eigenvalue weighted by Gasteiger charge is -2.23. The van der Waals surface area contributed by atoms with Crippen LogP contribution in [-0.4, -0.2) is 52.6 Å². The van der Waals surface area contributed by atoms with Crippen LogP contribution < -0.4 is 16.3 Å². The Kier molecular flexibility index (Phi) is 9.04. The summed E-state index contributed by atoms with van der Waals surface area (Å²) in [7, 11) is 2.75. The fourth-order valence-electron chi connectivity index (χ4n) is 3.24. The highest BCUT2D eigenvalue weighted by molar-refractivity contribution is 6.40. The second-order valence-corrected chi connectivity index (χ2v) is 8.48. The maximum absolute atomic E-state index is 12.7. The van der Waals surface area contributed by atoms with Crippen molar-refractivity contribution < 1.29 is 19.1 Å². The summed E-state index contributed by atoms with van der Waals surface area (Å²) in [5.41, 5.74) is 0.180. The van der Waals surface area contributed by atoms with Gasteiger partial charge in [0, 0.05) is 19.8 Å². The molecular weight excluding hydrogens is 509 g/mol. The second kappa shape index (κ2) is 12.2. The summed E-state index contributed by atoms with van der Waals surface area (Å²) in [6, 6.07) is 13.6. The lowest BCUT2D eigenvalue weighted by molar-refractivity contribution is -0.143. The quantitative estimate of drug-likeness (QED) is 0.430. The molecule has 0 aliphatic rings. The first-order valence-corrected chi connectivity index (χ1v) is 11.4. The number of hydrogen-bond donors (Lipinski definition) is 2. The Hall–Kier alpha value is -3.89. The second-order valence-electron chi connectivity index (χ2n) is 7.67. The smallest absolute Gasteiger partial charge is 0.349 e. The molecule has 1 atom stereocenters. The van der Waals surface area contributed by atoms with E-state index in [-0.39, 0.29) is 28.0 Å². The molecule has 188 valence electrons. The number of aromatic nitrogens is 2. The number of amides is 3. The minimum Gasteiger partial charge on any atom is -0.467 e. The third kappa shape index (κ3) is 6.83. The van der Waals surface area contributed by atoms with Crippen molar-refractivity contribution in [3.8, 4) is 0 Å². The molecule has 0 aliphatic heterocycles. The zero-order valence-electron chi connectivity index (χ0n) is 19.4. The Morgan fingerprint density at radius 1 is 1.06 bits per heavy atom. The van der Waals surface area contributed by atoms with Crippen LogP contribution >= 0.6 is 23.2 Å². The molecule has 2 aromatic carbocycles. The van der Waals surface area contributed by atoms with Crippen LogP contribution in [0.5, 0.6) is 0 Å². The number of carbonyl (C=O) groups is 3. The van der Waals surface area contributed by atoms with Crippen molar-refractivity contribution >= 4 is 46.9 Å². The van der Waals surface area contributed by atoms with Gasteiger partial charge in [-0.15, -0.1) is 0 Å². The molecule has 0 radical (unpaired) electrons. The number of methoxy groups -OCH3 is 1. The van der Waals surface area contributed by atoms with Crippen molar-refractivity contribution in [3.63, 3.8) is 0 Å². The zero-order chi connectivity index (χ0) is 26.2. The lowest BCUT2D eigenvalue weighted by atomic mass is 10.2. The van der Waals surface area contributed by atoms with E-state index in [4.69, 9.17) is 27.9 Å². The van der Waals surface area contributed by atoms with Crippen molar-refractivity contribution in [1.29, 1.82) is 0 Å². The van der Waals surface area contributed by atoms with Crippen molar-refractivity contribution in [3.05, 3.63) is 92.5 Å². The number of urea groups is 1. The van der Waals surface area contributed by atoms with Crippen LogP contribution in [0.2, 0.25) is 10.0 Å². The van der Waals surface area contributed by atoms with Gasteiger partial charge in [-0.25, -0.2) is 14.4 Å². The van der Waals surface area contributed by atoms with Gasteiger partial charge >= 0.3 is 17.7 Å². The van der Waals surface area contributed by atoms with Crippen LogP contribution in [0.4, 0.5) is 10.6 Å². The lowest BCUT2D eigenvalue weighted by Crippen LogP contribution is -2.49. The van der Waals surface area contributed by atoms with Crippen LogP contribution in [0.25, 0.3) is 0 Å². The van der Waals surface area contributed by atoms with Gasteiger partial charge in [-0.2, -0.15) is 4.98 Å². The molecule has 0 fully saturated rings. The SMILES string of the molecule is COC(=O)[C@H](Cn1ccc(NC(=O)c2c(Cl)cccc2Cl)nc1=O)NC(=O)N(C)Cc1ccccc1. The van der Waals surface area contributed by atoms with E-state index in [0.717, 1.165) is 10.1 Å². The monoisotopic (exact) mass is 531 g/mol. The van der Waals surface area contributed by atoms with Gasteiger partial charge in [-0.3, -0.25) is 9.36 Å². The number of benzene rings is 2. The molecule has 0 spiro atoms. The average molecular weight is 532 g/mol. The van der Waals surface area contributed by atoms with Crippen LogP contribution in [0.1, 0.15) is 15.9 Å². The van der Waals surface area contributed by atoms with Gasteiger partial charge in [-0.1, -0.05) is 59.6 Å². The molecule has 3 aromatic rings. The summed E-state index contributed by atoms with van der Waals surface area (Å²) in [4.78, 5) is 55.3. The predicted molar refractivity (Wildman–Crippen MR) is 135 cm³/mol. The highest BCUT2D eigenvalue weighted by Crippen LogP contribution is 2.24. The number of hydrogen-bond acceptors (Lipinski definition) is 6. The Labute approximate surface area is 216 Å². The molecule has 36 heavy (non-hydrogen) atoms. The minimum absolute atomic E-state index is 0.0416. The number of nitrogens with zero attached hydrogens (tertiary/aromatic N) is 3.